The van der Waals surface area contributed by atoms with Crippen LogP contribution in [0, 0.1) is 0 Å². The molecule has 6 fully saturated rings. The molecule has 6 heterocycles. The fourth-order valence-electron chi connectivity index (χ4n) is 9.13. The van der Waals surface area contributed by atoms with Gasteiger partial charge in [0.2, 0.25) is 0 Å². The van der Waals surface area contributed by atoms with Crippen LogP contribution in [-0.4, -0.2) is 168 Å². The molecule has 0 spiro atoms. The first-order chi connectivity index (χ1) is 30.7. The zero-order valence-corrected chi connectivity index (χ0v) is 48.6. The summed E-state index contributed by atoms with van der Waals surface area (Å²) in [6.07, 6.45) is 7.25. The molecule has 2 aromatic rings. The van der Waals surface area contributed by atoms with Crippen molar-refractivity contribution < 1.29 is 39.7 Å². The van der Waals surface area contributed by atoms with Gasteiger partial charge in [-0.2, -0.15) is 0 Å². The van der Waals surface area contributed by atoms with Crippen LogP contribution >= 0.6 is 0 Å². The molecule has 2 aromatic carbocycles. The second-order valence-corrected chi connectivity index (χ2v) is 50.5. The van der Waals surface area contributed by atoms with Crippen LogP contribution in [0.4, 0.5) is 0 Å². The Bertz CT molecular complexity index is 1480. The summed E-state index contributed by atoms with van der Waals surface area (Å²) in [4.78, 5) is 35.3. The second kappa shape index (κ2) is 26.5. The Morgan fingerprint density at radius 1 is 0.508 bits per heavy atom. The van der Waals surface area contributed by atoms with Crippen molar-refractivity contribution in [2.45, 2.75) is 119 Å². The summed E-state index contributed by atoms with van der Waals surface area (Å²) in [7, 11) is 0. The van der Waals surface area contributed by atoms with Crippen molar-refractivity contribution in [3.63, 3.8) is 0 Å². The molecule has 6 aliphatic heterocycles. The van der Waals surface area contributed by atoms with E-state index >= 15 is 9.59 Å². The summed E-state index contributed by atoms with van der Waals surface area (Å²) in [5, 5.41) is 0.689. The van der Waals surface area contributed by atoms with Crippen molar-refractivity contribution in [3.05, 3.63) is 71.8 Å². The second-order valence-electron chi connectivity index (χ2n) is 17.7. The van der Waals surface area contributed by atoms with Gasteiger partial charge in [0.15, 0.2) is 0 Å². The number of nitrogens with zero attached hydrogens (tertiary/aromatic N) is 2. The van der Waals surface area contributed by atoms with E-state index in [0.29, 0.717) is 67.9 Å². The molecule has 2 atom stereocenters. The summed E-state index contributed by atoms with van der Waals surface area (Å²) in [6.45, 7) is 16.8. The van der Waals surface area contributed by atoms with Gasteiger partial charge in [-0.3, -0.25) is 0 Å². The third-order valence-corrected chi connectivity index (χ3v) is 57.1. The van der Waals surface area contributed by atoms with Gasteiger partial charge >= 0.3 is 398 Å². The first-order valence-electron chi connectivity index (χ1n) is 24.2. The van der Waals surface area contributed by atoms with Crippen LogP contribution in [0.15, 0.2) is 60.7 Å². The minimum atomic E-state index is -4.51. The summed E-state index contributed by atoms with van der Waals surface area (Å²) >= 11 is -16.9. The van der Waals surface area contributed by atoms with Crippen molar-refractivity contribution in [1.29, 1.82) is 0 Å². The first-order valence-corrected chi connectivity index (χ1v) is 45.1. The standard InChI is InChI=1S/2C15H21GeNO5.4C4H9.O.2Sn/c2*18-15(19)14(13-4-2-1-3-5-13)12-16-20-9-6-17(7-10-21-16)8-11-22-16;4*1-3-4-2;;;/h2*1-5,14H,6-12H2,(H,18,19);4*1,3-4H2,2H3;;;/q;;;;;;;2*+1/p-2. The van der Waals surface area contributed by atoms with Crippen LogP contribution in [0.5, 0.6) is 0 Å². The van der Waals surface area contributed by atoms with Gasteiger partial charge in [-0.15, -0.1) is 0 Å². The van der Waals surface area contributed by atoms with Gasteiger partial charge in [0, 0.05) is 0 Å². The van der Waals surface area contributed by atoms with Crippen molar-refractivity contribution in [2.24, 2.45) is 0 Å². The molecule has 4 bridgehead atoms. The molecule has 0 N–H and O–H groups in total. The molecule has 0 radical (unpaired) electrons. The van der Waals surface area contributed by atoms with Gasteiger partial charge in [0.1, 0.15) is 0 Å². The Morgan fingerprint density at radius 2 is 0.794 bits per heavy atom. The monoisotopic (exact) mass is 1220 g/mol. The van der Waals surface area contributed by atoms with Gasteiger partial charge in [-0.1, -0.05) is 0 Å². The summed E-state index contributed by atoms with van der Waals surface area (Å²) in [6, 6.07) is 19.9. The van der Waals surface area contributed by atoms with E-state index < -0.39 is 78.8 Å². The van der Waals surface area contributed by atoms with Gasteiger partial charge in [-0.05, 0) is 0 Å². The van der Waals surface area contributed by atoms with Crippen LogP contribution in [0.1, 0.15) is 102 Å². The molecule has 0 aliphatic carbocycles. The molecular weight excluding hydrogens is 1140 g/mol. The molecule has 0 aromatic heterocycles. The predicted molar refractivity (Wildman–Crippen MR) is 252 cm³/mol. The van der Waals surface area contributed by atoms with Crippen molar-refractivity contribution in [1.82, 2.24) is 9.80 Å². The molecule has 0 saturated carbocycles. The van der Waals surface area contributed by atoms with Crippen LogP contribution in [0.25, 0.3) is 0 Å². The van der Waals surface area contributed by atoms with E-state index in [1.807, 2.05) is 60.7 Å². The zero-order valence-electron chi connectivity index (χ0n) is 38.7. The molecule has 352 valence electrons. The van der Waals surface area contributed by atoms with Gasteiger partial charge in [0.05, 0.1) is 0 Å². The molecule has 13 nitrogen and oxygen atoms in total. The van der Waals surface area contributed by atoms with Crippen LogP contribution in [0.3, 0.4) is 0 Å². The number of carbonyl (C=O) groups excluding carboxylic acids is 2. The molecular formula is C46H76Ge2N2O11Sn2. The van der Waals surface area contributed by atoms with Crippen molar-refractivity contribution >= 4 is 78.9 Å². The van der Waals surface area contributed by atoms with E-state index in [1.54, 1.807) is 0 Å². The van der Waals surface area contributed by atoms with Gasteiger partial charge in [0.25, 0.3) is 0 Å². The Balaban J connectivity index is 1.37. The summed E-state index contributed by atoms with van der Waals surface area (Å²) < 4.78 is 64.7. The topological polar surface area (TPSA) is 124 Å². The Kier molecular flexibility index (Phi) is 21.9. The molecule has 0 amide bonds. The van der Waals surface area contributed by atoms with Crippen molar-refractivity contribution in [3.8, 4) is 0 Å². The van der Waals surface area contributed by atoms with E-state index in [1.165, 1.54) is 0 Å². The quantitative estimate of drug-likeness (QED) is 0.0937. The van der Waals surface area contributed by atoms with E-state index in [2.05, 4.69) is 37.5 Å². The number of carbonyl (C=O) groups is 2. The SMILES string of the molecule is CCC[CH2][Sn]([CH2]CCC)([O]C(=O)C([CH2][Ge]12[O]CCN(CC[O]1)CC[O]2)c1ccccc1)[O][Sn]([CH2]CCC)([CH2]CCC)[O]C(=O)C([CH2][Ge]12[O]CCN(CC[O]1)CC[O]2)c1ccccc1. The van der Waals surface area contributed by atoms with E-state index in [-0.39, 0.29) is 11.9 Å². The maximum absolute atomic E-state index is 15.4. The number of fused-ring (bicyclic) bond motifs is 12. The van der Waals surface area contributed by atoms with E-state index in [9.17, 15) is 0 Å². The fraction of sp³-hybridized carbons (Fsp3) is 0.696. The average Bonchev–Trinajstić information content (AvgIpc) is 3.25. The summed E-state index contributed by atoms with van der Waals surface area (Å²) in [5.41, 5.74) is 1.73. The van der Waals surface area contributed by atoms with E-state index in [4.69, 9.17) is 30.1 Å². The third-order valence-electron chi connectivity index (χ3n) is 12.8. The normalized spacial score (nSPS) is 25.4. The Hall–Kier alpha value is -0.297. The maximum atomic E-state index is 15.4. The number of rotatable bonds is 24. The fourth-order valence-corrected chi connectivity index (χ4v) is 61.9. The molecule has 63 heavy (non-hydrogen) atoms. The number of hydrogen-bond acceptors (Lipinski definition) is 13. The Morgan fingerprint density at radius 3 is 1.06 bits per heavy atom. The molecule has 17 heteroatoms. The molecule has 8 rings (SSSR count). The molecule has 2 unspecified atom stereocenters. The van der Waals surface area contributed by atoms with Crippen LogP contribution in [0.2, 0.25) is 28.3 Å². The van der Waals surface area contributed by atoms with Gasteiger partial charge in [-0.25, -0.2) is 0 Å². The van der Waals surface area contributed by atoms with Crippen molar-refractivity contribution in [2.75, 3.05) is 78.9 Å². The zero-order chi connectivity index (χ0) is 44.4. The van der Waals surface area contributed by atoms with Gasteiger partial charge < -0.3 is 0 Å². The third kappa shape index (κ3) is 15.3. The van der Waals surface area contributed by atoms with Crippen LogP contribution < -0.4 is 0 Å². The minimum absolute atomic E-state index is 0.281. The number of benzene rings is 2. The predicted octanol–water partition coefficient (Wildman–Crippen LogP) is 8.38. The van der Waals surface area contributed by atoms with Crippen LogP contribution in [-0.2, 0) is 39.7 Å². The number of hydrogen-bond donors (Lipinski definition) is 0. The summed E-state index contributed by atoms with van der Waals surface area (Å²) in [5.74, 6) is -1.85. The first kappa shape index (κ1) is 52.1. The van der Waals surface area contributed by atoms with E-state index in [0.717, 1.165) is 102 Å². The molecule has 6 aliphatic rings. The molecule has 6 saturated heterocycles. The Labute approximate surface area is 394 Å². The number of unbranched alkanes of at least 4 members (excludes halogenated alkanes) is 4. The average molecular weight is 1220 g/mol.